The Balaban J connectivity index is 2.12. The van der Waals surface area contributed by atoms with E-state index in [-0.39, 0.29) is 0 Å². The average Bonchev–Trinajstić information content (AvgIpc) is 2.75. The van der Waals surface area contributed by atoms with Crippen LogP contribution in [0.5, 0.6) is 0 Å². The molecule has 0 radical (unpaired) electrons. The lowest BCUT2D eigenvalue weighted by molar-refractivity contribution is 0.766. The van der Waals surface area contributed by atoms with Crippen molar-refractivity contribution < 1.29 is 0 Å². The van der Waals surface area contributed by atoms with Gasteiger partial charge in [0.2, 0.25) is 0 Å². The van der Waals surface area contributed by atoms with Gasteiger partial charge in [-0.1, -0.05) is 6.07 Å². The third-order valence-corrected chi connectivity index (χ3v) is 3.67. The van der Waals surface area contributed by atoms with Crippen LogP contribution >= 0.6 is 15.9 Å². The number of nitrogens with two attached hydrogens (primary N) is 1. The maximum absolute atomic E-state index is 5.58. The van der Waals surface area contributed by atoms with Crippen molar-refractivity contribution in [2.45, 2.75) is 13.0 Å². The van der Waals surface area contributed by atoms with E-state index in [1.807, 2.05) is 24.1 Å². The highest BCUT2D eigenvalue weighted by molar-refractivity contribution is 9.10. The van der Waals surface area contributed by atoms with Crippen molar-refractivity contribution in [3.63, 3.8) is 0 Å². The Morgan fingerprint density at radius 1 is 1.37 bits per heavy atom. The van der Waals surface area contributed by atoms with Crippen molar-refractivity contribution in [1.29, 1.82) is 0 Å². The summed E-state index contributed by atoms with van der Waals surface area (Å²) in [4.78, 5) is 2.20. The second-order valence-electron chi connectivity index (χ2n) is 4.70. The molecule has 0 aliphatic rings. The van der Waals surface area contributed by atoms with E-state index < -0.39 is 0 Å². The van der Waals surface area contributed by atoms with Crippen molar-refractivity contribution in [2.75, 3.05) is 18.5 Å². The highest BCUT2D eigenvalue weighted by Gasteiger charge is 2.08. The van der Waals surface area contributed by atoms with Crippen molar-refractivity contribution >= 4 is 21.6 Å². The minimum absolute atomic E-state index is 0.678. The van der Waals surface area contributed by atoms with Gasteiger partial charge in [0, 0.05) is 36.9 Å². The second kappa shape index (κ2) is 6.21. The van der Waals surface area contributed by atoms with Gasteiger partial charge in [0.1, 0.15) is 0 Å². The Hall–Kier alpha value is -1.33. The first-order chi connectivity index (χ1) is 9.10. The Morgan fingerprint density at radius 3 is 2.74 bits per heavy atom. The monoisotopic (exact) mass is 322 g/mol. The SMILES string of the molecule is CN(Cc1cnn(C)c1)c1ccc(CCN)cc1Br. The van der Waals surface area contributed by atoms with E-state index in [9.17, 15) is 0 Å². The fourth-order valence-electron chi connectivity index (χ4n) is 2.09. The minimum atomic E-state index is 0.678. The molecule has 0 spiro atoms. The molecule has 0 saturated heterocycles. The summed E-state index contributed by atoms with van der Waals surface area (Å²) >= 11 is 3.63. The van der Waals surface area contributed by atoms with E-state index in [0.29, 0.717) is 6.54 Å². The molecule has 102 valence electrons. The molecule has 2 rings (SSSR count). The summed E-state index contributed by atoms with van der Waals surface area (Å²) < 4.78 is 2.92. The molecule has 0 unspecified atom stereocenters. The first kappa shape index (κ1) is 14.1. The molecule has 4 nitrogen and oxygen atoms in total. The molecule has 1 aromatic heterocycles. The highest BCUT2D eigenvalue weighted by atomic mass is 79.9. The van der Waals surface area contributed by atoms with Gasteiger partial charge in [0.25, 0.3) is 0 Å². The number of rotatable bonds is 5. The fraction of sp³-hybridized carbons (Fsp3) is 0.357. The van der Waals surface area contributed by atoms with Crippen LogP contribution in [0.1, 0.15) is 11.1 Å². The Labute approximate surface area is 122 Å². The predicted molar refractivity (Wildman–Crippen MR) is 82.2 cm³/mol. The zero-order valence-corrected chi connectivity index (χ0v) is 12.9. The zero-order chi connectivity index (χ0) is 13.8. The summed E-state index contributed by atoms with van der Waals surface area (Å²) in [7, 11) is 4.01. The Morgan fingerprint density at radius 2 is 2.16 bits per heavy atom. The zero-order valence-electron chi connectivity index (χ0n) is 11.3. The summed E-state index contributed by atoms with van der Waals surface area (Å²) in [5, 5.41) is 4.19. The van der Waals surface area contributed by atoms with Crippen LogP contribution in [0.15, 0.2) is 35.1 Å². The van der Waals surface area contributed by atoms with E-state index in [1.54, 1.807) is 0 Å². The molecular weight excluding hydrogens is 304 g/mol. The molecule has 0 aliphatic carbocycles. The molecule has 5 heteroatoms. The van der Waals surface area contributed by atoms with Crippen LogP contribution < -0.4 is 10.6 Å². The van der Waals surface area contributed by atoms with Crippen LogP contribution in [0.4, 0.5) is 5.69 Å². The van der Waals surface area contributed by atoms with Crippen LogP contribution in [0, 0.1) is 0 Å². The molecule has 2 aromatic rings. The Bertz CT molecular complexity index is 550. The number of hydrogen-bond acceptors (Lipinski definition) is 3. The van der Waals surface area contributed by atoms with E-state index in [0.717, 1.165) is 17.4 Å². The number of aryl methyl sites for hydroxylation is 1. The van der Waals surface area contributed by atoms with Gasteiger partial charge >= 0.3 is 0 Å². The van der Waals surface area contributed by atoms with Gasteiger partial charge in [-0.15, -0.1) is 0 Å². The predicted octanol–water partition coefficient (Wildman–Crippen LogP) is 2.32. The first-order valence-electron chi connectivity index (χ1n) is 6.27. The normalized spacial score (nSPS) is 10.7. The standard InChI is InChI=1S/C14H19BrN4/c1-18(9-12-8-17-19(2)10-12)14-4-3-11(5-6-16)7-13(14)15/h3-4,7-8,10H,5-6,9,16H2,1-2H3. The lowest BCUT2D eigenvalue weighted by Crippen LogP contribution is -2.16. The lowest BCUT2D eigenvalue weighted by Gasteiger charge is -2.20. The number of anilines is 1. The van der Waals surface area contributed by atoms with Gasteiger partial charge in [0.15, 0.2) is 0 Å². The molecular formula is C14H19BrN4. The summed E-state index contributed by atoms with van der Waals surface area (Å²) in [6.45, 7) is 1.51. The van der Waals surface area contributed by atoms with Crippen LogP contribution in [0.2, 0.25) is 0 Å². The van der Waals surface area contributed by atoms with Gasteiger partial charge in [-0.05, 0) is 46.6 Å². The fourth-order valence-corrected chi connectivity index (χ4v) is 2.82. The molecule has 19 heavy (non-hydrogen) atoms. The maximum atomic E-state index is 5.58. The van der Waals surface area contributed by atoms with Gasteiger partial charge in [-0.2, -0.15) is 5.10 Å². The molecule has 0 saturated carbocycles. The van der Waals surface area contributed by atoms with E-state index in [4.69, 9.17) is 5.73 Å². The van der Waals surface area contributed by atoms with Crippen LogP contribution in [-0.2, 0) is 20.0 Å². The maximum Gasteiger partial charge on any atom is 0.0539 e. The quantitative estimate of drug-likeness (QED) is 0.919. The number of aromatic nitrogens is 2. The minimum Gasteiger partial charge on any atom is -0.369 e. The van der Waals surface area contributed by atoms with Crippen molar-refractivity contribution in [2.24, 2.45) is 12.8 Å². The first-order valence-corrected chi connectivity index (χ1v) is 7.06. The van der Waals surface area contributed by atoms with Crippen LogP contribution in [0.25, 0.3) is 0 Å². The molecule has 0 bridgehead atoms. The van der Waals surface area contributed by atoms with E-state index in [2.05, 4.69) is 51.2 Å². The molecule has 0 atom stereocenters. The molecule has 0 amide bonds. The second-order valence-corrected chi connectivity index (χ2v) is 5.56. The number of benzene rings is 1. The molecule has 2 N–H and O–H groups in total. The summed E-state index contributed by atoms with van der Waals surface area (Å²) in [6, 6.07) is 6.40. The smallest absolute Gasteiger partial charge is 0.0539 e. The largest absolute Gasteiger partial charge is 0.369 e. The van der Waals surface area contributed by atoms with E-state index in [1.165, 1.54) is 16.8 Å². The molecule has 0 fully saturated rings. The van der Waals surface area contributed by atoms with Crippen LogP contribution in [-0.4, -0.2) is 23.4 Å². The van der Waals surface area contributed by atoms with Gasteiger partial charge in [-0.3, -0.25) is 4.68 Å². The van der Waals surface area contributed by atoms with Crippen molar-refractivity contribution in [3.05, 3.63) is 46.2 Å². The molecule has 1 aromatic carbocycles. The number of halogens is 1. The summed E-state index contributed by atoms with van der Waals surface area (Å²) in [5.74, 6) is 0. The van der Waals surface area contributed by atoms with Crippen molar-refractivity contribution in [1.82, 2.24) is 9.78 Å². The summed E-state index contributed by atoms with van der Waals surface area (Å²) in [5.41, 5.74) is 9.20. The van der Waals surface area contributed by atoms with Crippen molar-refractivity contribution in [3.8, 4) is 0 Å². The van der Waals surface area contributed by atoms with Crippen LogP contribution in [0.3, 0.4) is 0 Å². The Kier molecular flexibility index (Phi) is 4.61. The molecule has 0 aliphatic heterocycles. The highest BCUT2D eigenvalue weighted by Crippen LogP contribution is 2.27. The topological polar surface area (TPSA) is 47.1 Å². The third-order valence-electron chi connectivity index (χ3n) is 3.03. The number of hydrogen-bond donors (Lipinski definition) is 1. The third kappa shape index (κ3) is 3.58. The summed E-state index contributed by atoms with van der Waals surface area (Å²) in [6.07, 6.45) is 4.84. The lowest BCUT2D eigenvalue weighted by atomic mass is 10.1. The van der Waals surface area contributed by atoms with Gasteiger partial charge < -0.3 is 10.6 Å². The van der Waals surface area contributed by atoms with Gasteiger partial charge in [0.05, 0.1) is 11.9 Å². The van der Waals surface area contributed by atoms with Gasteiger partial charge in [-0.25, -0.2) is 0 Å². The number of nitrogens with zero attached hydrogens (tertiary/aromatic N) is 3. The molecule has 1 heterocycles. The average molecular weight is 323 g/mol. The van der Waals surface area contributed by atoms with E-state index >= 15 is 0 Å².